The molecule has 0 saturated heterocycles. The van der Waals surface area contributed by atoms with Gasteiger partial charge in [0.2, 0.25) is 5.91 Å². The van der Waals surface area contributed by atoms with Crippen molar-refractivity contribution in [3.05, 3.63) is 59.4 Å². The second-order valence-electron chi connectivity index (χ2n) is 8.32. The summed E-state index contributed by atoms with van der Waals surface area (Å²) in [5, 5.41) is 6.10. The Morgan fingerprint density at radius 2 is 2.03 bits per heavy atom. The molecule has 0 aliphatic heterocycles. The highest BCUT2D eigenvalue weighted by Gasteiger charge is 2.28. The first-order valence-corrected chi connectivity index (χ1v) is 10.7. The molecular weight excluding hydrogens is 378 g/mol. The fourth-order valence-corrected chi connectivity index (χ4v) is 3.74. The lowest BCUT2D eigenvalue weighted by molar-refractivity contribution is -0.126. The Kier molecular flexibility index (Phi) is 7.44. The number of nitrogens with zero attached hydrogens (tertiary/aromatic N) is 1. The van der Waals surface area contributed by atoms with Crippen LogP contribution in [-0.4, -0.2) is 28.9 Å². The topological polar surface area (TPSA) is 80.3 Å². The first-order valence-electron chi connectivity index (χ1n) is 10.7. The number of rotatable bonds is 7. The van der Waals surface area contributed by atoms with Crippen LogP contribution in [0.1, 0.15) is 61.1 Å². The molecule has 2 N–H and O–H groups in total. The molecule has 1 fully saturated rings. The van der Waals surface area contributed by atoms with Crippen LogP contribution in [0.25, 0.3) is 0 Å². The Labute approximate surface area is 178 Å². The van der Waals surface area contributed by atoms with E-state index in [-0.39, 0.29) is 29.8 Å². The Hall–Kier alpha value is -2.89. The van der Waals surface area contributed by atoms with Gasteiger partial charge in [0.05, 0.1) is 6.20 Å². The molecule has 6 nitrogen and oxygen atoms in total. The number of ether oxygens (including phenoxy) is 1. The summed E-state index contributed by atoms with van der Waals surface area (Å²) < 4.78 is 5.77. The Bertz CT molecular complexity index is 864. The van der Waals surface area contributed by atoms with Gasteiger partial charge in [-0.3, -0.25) is 14.6 Å². The van der Waals surface area contributed by atoms with Gasteiger partial charge < -0.3 is 15.4 Å². The third kappa shape index (κ3) is 6.31. The molecule has 1 aliphatic carbocycles. The molecule has 6 heteroatoms. The number of amides is 2. The smallest absolute Gasteiger partial charge is 0.251 e. The van der Waals surface area contributed by atoms with Gasteiger partial charge in [0.15, 0.2) is 0 Å². The summed E-state index contributed by atoms with van der Waals surface area (Å²) in [5.74, 6) is 0.648. The highest BCUT2D eigenvalue weighted by atomic mass is 16.5. The predicted octanol–water partition coefficient (Wildman–Crippen LogP) is 3.78. The fraction of sp³-hybridized carbons (Fsp3) is 0.458. The van der Waals surface area contributed by atoms with Gasteiger partial charge in [0.1, 0.15) is 12.4 Å². The van der Waals surface area contributed by atoms with E-state index in [0.29, 0.717) is 24.3 Å². The van der Waals surface area contributed by atoms with E-state index in [1.54, 1.807) is 12.3 Å². The van der Waals surface area contributed by atoms with Gasteiger partial charge in [-0.25, -0.2) is 0 Å². The number of pyridine rings is 1. The Morgan fingerprint density at radius 1 is 1.20 bits per heavy atom. The number of aromatic nitrogens is 1. The van der Waals surface area contributed by atoms with E-state index in [2.05, 4.69) is 15.6 Å². The highest BCUT2D eigenvalue weighted by Crippen LogP contribution is 2.25. The van der Waals surface area contributed by atoms with Crippen LogP contribution in [0.4, 0.5) is 0 Å². The van der Waals surface area contributed by atoms with Crippen LogP contribution in [-0.2, 0) is 11.4 Å². The van der Waals surface area contributed by atoms with E-state index in [4.69, 9.17) is 4.74 Å². The van der Waals surface area contributed by atoms with Gasteiger partial charge in [-0.05, 0) is 69.9 Å². The van der Waals surface area contributed by atoms with Crippen molar-refractivity contribution >= 4 is 11.8 Å². The van der Waals surface area contributed by atoms with Gasteiger partial charge in [0.25, 0.3) is 5.91 Å². The molecule has 3 rings (SSSR count). The molecule has 2 atom stereocenters. The highest BCUT2D eigenvalue weighted by molar-refractivity contribution is 5.94. The minimum Gasteiger partial charge on any atom is -0.487 e. The number of benzene rings is 1. The first-order chi connectivity index (χ1) is 14.4. The molecule has 1 aromatic heterocycles. The number of aryl methyl sites for hydroxylation is 1. The molecule has 1 heterocycles. The molecule has 2 unspecified atom stereocenters. The average molecular weight is 410 g/mol. The Balaban J connectivity index is 1.55. The van der Waals surface area contributed by atoms with E-state index in [9.17, 15) is 9.59 Å². The number of hydrogen-bond acceptors (Lipinski definition) is 4. The summed E-state index contributed by atoms with van der Waals surface area (Å²) in [5.41, 5.74) is 2.46. The number of hydrogen-bond donors (Lipinski definition) is 2. The Morgan fingerprint density at radius 3 is 2.77 bits per heavy atom. The van der Waals surface area contributed by atoms with Crippen LogP contribution in [0.15, 0.2) is 42.6 Å². The molecule has 1 aromatic carbocycles. The zero-order chi connectivity index (χ0) is 21.5. The van der Waals surface area contributed by atoms with Crippen molar-refractivity contribution in [3.63, 3.8) is 0 Å². The van der Waals surface area contributed by atoms with Crippen molar-refractivity contribution in [2.45, 2.75) is 65.1 Å². The predicted molar refractivity (Wildman–Crippen MR) is 116 cm³/mol. The minimum absolute atomic E-state index is 0.0210. The van der Waals surface area contributed by atoms with Crippen LogP contribution in [0.3, 0.4) is 0 Å². The van der Waals surface area contributed by atoms with Gasteiger partial charge in [-0.15, -0.1) is 0 Å². The maximum Gasteiger partial charge on any atom is 0.251 e. The van der Waals surface area contributed by atoms with E-state index >= 15 is 0 Å². The molecule has 30 heavy (non-hydrogen) atoms. The molecule has 2 aromatic rings. The van der Waals surface area contributed by atoms with Crippen molar-refractivity contribution < 1.29 is 14.3 Å². The lowest BCUT2D eigenvalue weighted by atomic mass is 9.85. The van der Waals surface area contributed by atoms with Crippen molar-refractivity contribution in [1.29, 1.82) is 0 Å². The normalized spacial score (nSPS) is 18.7. The second-order valence-corrected chi connectivity index (χ2v) is 8.32. The van der Waals surface area contributed by atoms with Crippen molar-refractivity contribution in [2.24, 2.45) is 5.92 Å². The summed E-state index contributed by atoms with van der Waals surface area (Å²) in [6, 6.07) is 11.4. The number of carbonyl (C=O) groups is 2. The van der Waals surface area contributed by atoms with E-state index in [1.807, 2.05) is 51.1 Å². The molecule has 1 aliphatic rings. The summed E-state index contributed by atoms with van der Waals surface area (Å²) in [6.07, 6.45) is 5.11. The summed E-state index contributed by atoms with van der Waals surface area (Å²) in [7, 11) is 0. The van der Waals surface area contributed by atoms with Gasteiger partial charge >= 0.3 is 0 Å². The summed E-state index contributed by atoms with van der Waals surface area (Å²) in [4.78, 5) is 29.3. The van der Waals surface area contributed by atoms with Crippen molar-refractivity contribution in [3.8, 4) is 5.75 Å². The number of carbonyl (C=O) groups excluding carboxylic acids is 2. The summed E-state index contributed by atoms with van der Waals surface area (Å²) >= 11 is 0. The number of nitrogens with one attached hydrogen (secondary N) is 2. The fourth-order valence-electron chi connectivity index (χ4n) is 3.74. The van der Waals surface area contributed by atoms with Gasteiger partial charge in [0, 0.05) is 29.3 Å². The van der Waals surface area contributed by atoms with E-state index in [1.165, 1.54) is 0 Å². The van der Waals surface area contributed by atoms with E-state index in [0.717, 1.165) is 30.5 Å². The maximum atomic E-state index is 12.8. The summed E-state index contributed by atoms with van der Waals surface area (Å²) in [6.45, 7) is 6.22. The van der Waals surface area contributed by atoms with Crippen LogP contribution in [0.2, 0.25) is 0 Å². The van der Waals surface area contributed by atoms with Crippen molar-refractivity contribution in [1.82, 2.24) is 15.6 Å². The van der Waals surface area contributed by atoms with Crippen LogP contribution < -0.4 is 15.4 Å². The van der Waals surface area contributed by atoms with Crippen LogP contribution >= 0.6 is 0 Å². The lowest BCUT2D eigenvalue weighted by Crippen LogP contribution is -2.43. The standard InChI is InChI=1S/C24H31N3O3/c1-16(2)26-23(28)20-8-5-9-21(13-20)27-24(29)19-7-4-6-18(12-19)15-30-22-11-10-17(3)25-14-22/h4,6-7,10-12,14,16,20-21H,5,8-9,13,15H2,1-3H3,(H,26,28)(H,27,29). The third-order valence-electron chi connectivity index (χ3n) is 5.29. The molecule has 2 amide bonds. The van der Waals surface area contributed by atoms with E-state index < -0.39 is 0 Å². The molecule has 1 saturated carbocycles. The van der Waals surface area contributed by atoms with Gasteiger partial charge in [-0.1, -0.05) is 18.6 Å². The maximum absolute atomic E-state index is 12.8. The zero-order valence-electron chi connectivity index (χ0n) is 18.0. The lowest BCUT2D eigenvalue weighted by Gasteiger charge is -2.29. The van der Waals surface area contributed by atoms with Crippen molar-refractivity contribution in [2.75, 3.05) is 0 Å². The molecule has 0 bridgehead atoms. The molecule has 0 radical (unpaired) electrons. The van der Waals surface area contributed by atoms with Gasteiger partial charge in [-0.2, -0.15) is 0 Å². The molecular formula is C24H31N3O3. The third-order valence-corrected chi connectivity index (χ3v) is 5.29. The molecule has 0 spiro atoms. The van der Waals surface area contributed by atoms with Crippen LogP contribution in [0.5, 0.6) is 5.75 Å². The second kappa shape index (κ2) is 10.2. The SMILES string of the molecule is Cc1ccc(OCc2cccc(C(=O)NC3CCCC(C(=O)NC(C)C)C3)c2)cn1. The largest absolute Gasteiger partial charge is 0.487 e. The first kappa shape index (κ1) is 21.8. The monoisotopic (exact) mass is 409 g/mol. The average Bonchev–Trinajstić information content (AvgIpc) is 2.73. The molecule has 160 valence electrons. The minimum atomic E-state index is -0.108. The quantitative estimate of drug-likeness (QED) is 0.729. The zero-order valence-corrected chi connectivity index (χ0v) is 18.0. The van der Waals surface area contributed by atoms with Crippen LogP contribution in [0, 0.1) is 12.8 Å².